The number of benzene rings is 1. The Hall–Kier alpha value is -2.85. The molecule has 0 amide bonds. The maximum absolute atomic E-state index is 14.3. The second-order valence-electron chi connectivity index (χ2n) is 10.2. The van der Waals surface area contributed by atoms with Gasteiger partial charge in [-0.15, -0.1) is 10.2 Å². The van der Waals surface area contributed by atoms with E-state index in [0.29, 0.717) is 34.0 Å². The lowest BCUT2D eigenvalue weighted by atomic mass is 9.69. The van der Waals surface area contributed by atoms with Crippen molar-refractivity contribution in [2.45, 2.75) is 68.2 Å². The first-order valence-electron chi connectivity index (χ1n) is 11.8. The van der Waals surface area contributed by atoms with E-state index in [1.807, 2.05) is 6.26 Å². The van der Waals surface area contributed by atoms with Crippen LogP contribution in [0.15, 0.2) is 35.7 Å². The Morgan fingerprint density at radius 3 is 2.49 bits per heavy atom. The maximum atomic E-state index is 14.3. The van der Waals surface area contributed by atoms with Crippen molar-refractivity contribution in [3.63, 3.8) is 0 Å². The quantitative estimate of drug-likeness (QED) is 0.393. The molecule has 2 aliphatic heterocycles. The number of rotatable bonds is 5. The molecular formula is C25H30FN7OS. The van der Waals surface area contributed by atoms with Crippen LogP contribution in [-0.2, 0) is 0 Å². The minimum Gasteiger partial charge on any atom is -0.507 e. The molecule has 0 aliphatic carbocycles. The SMILES string of the molecule is CSc1ncc(F)c(-c2ccc(-c3ncc(N(C)C4C[C@]5(C)CCC[C@](C)(C4)N5)nn3)c(O)c2)n1. The fourth-order valence-electron chi connectivity index (χ4n) is 5.68. The maximum Gasteiger partial charge on any atom is 0.187 e. The zero-order chi connectivity index (χ0) is 24.8. The number of nitrogens with one attached hydrogen (secondary N) is 1. The van der Waals surface area contributed by atoms with Crippen LogP contribution in [0.5, 0.6) is 5.75 Å². The third kappa shape index (κ3) is 4.69. The number of halogens is 1. The molecule has 184 valence electrons. The number of aromatic hydroxyl groups is 1. The molecule has 4 heterocycles. The molecule has 5 rings (SSSR count). The molecule has 2 fully saturated rings. The first-order chi connectivity index (χ1) is 16.7. The molecule has 35 heavy (non-hydrogen) atoms. The predicted molar refractivity (Wildman–Crippen MR) is 135 cm³/mol. The number of phenolic OH excluding ortho intramolecular Hbond substituents is 1. The summed E-state index contributed by atoms with van der Waals surface area (Å²) in [5.74, 6) is 0.390. The lowest BCUT2D eigenvalue weighted by Crippen LogP contribution is -2.66. The number of aromatic nitrogens is 5. The Bertz CT molecular complexity index is 1220. The summed E-state index contributed by atoms with van der Waals surface area (Å²) in [6, 6.07) is 5.14. The van der Waals surface area contributed by atoms with Gasteiger partial charge in [-0.05, 0) is 64.3 Å². The zero-order valence-electron chi connectivity index (χ0n) is 20.4. The number of piperidine rings is 2. The minimum atomic E-state index is -0.551. The summed E-state index contributed by atoms with van der Waals surface area (Å²) in [6.07, 6.45) is 10.4. The van der Waals surface area contributed by atoms with E-state index in [1.54, 1.807) is 18.3 Å². The van der Waals surface area contributed by atoms with Crippen molar-refractivity contribution in [3.05, 3.63) is 36.4 Å². The second-order valence-corrected chi connectivity index (χ2v) is 11.0. The van der Waals surface area contributed by atoms with Crippen LogP contribution < -0.4 is 10.2 Å². The van der Waals surface area contributed by atoms with Crippen molar-refractivity contribution in [1.29, 1.82) is 0 Å². The standard InChI is InChI=1S/C25H30FN7OS/c1-24-8-5-9-25(2,32-24)12-16(11-24)33(3)20-14-27-22(31-30-20)17-7-6-15(10-19(17)34)21-18(26)13-28-23(29-21)35-4/h6-7,10,13-14,16,32,34H,5,8-9,11-12H2,1-4H3/t16?,24-,25+. The largest absolute Gasteiger partial charge is 0.507 e. The first kappa shape index (κ1) is 23.9. The Balaban J connectivity index is 1.36. The van der Waals surface area contributed by atoms with Crippen molar-refractivity contribution >= 4 is 17.6 Å². The van der Waals surface area contributed by atoms with Gasteiger partial charge in [0.05, 0.1) is 18.0 Å². The summed E-state index contributed by atoms with van der Waals surface area (Å²) < 4.78 is 14.3. The van der Waals surface area contributed by atoms with Crippen LogP contribution in [0.3, 0.4) is 0 Å². The van der Waals surface area contributed by atoms with E-state index in [4.69, 9.17) is 0 Å². The van der Waals surface area contributed by atoms with Crippen LogP contribution in [0.25, 0.3) is 22.6 Å². The van der Waals surface area contributed by atoms with Crippen LogP contribution in [0, 0.1) is 5.82 Å². The molecule has 8 nitrogen and oxygen atoms in total. The predicted octanol–water partition coefficient (Wildman–Crippen LogP) is 4.45. The molecular weight excluding hydrogens is 465 g/mol. The van der Waals surface area contributed by atoms with Gasteiger partial charge in [0.1, 0.15) is 11.4 Å². The summed E-state index contributed by atoms with van der Waals surface area (Å²) in [7, 11) is 2.05. The topological polar surface area (TPSA) is 100.0 Å². The van der Waals surface area contributed by atoms with Crippen molar-refractivity contribution in [3.8, 4) is 28.4 Å². The molecule has 2 N–H and O–H groups in total. The van der Waals surface area contributed by atoms with Crippen LogP contribution in [0.4, 0.5) is 10.2 Å². The Labute approximate surface area is 208 Å². The average molecular weight is 496 g/mol. The van der Waals surface area contributed by atoms with Gasteiger partial charge in [0.25, 0.3) is 0 Å². The summed E-state index contributed by atoms with van der Waals surface area (Å²) in [5, 5.41) is 23.7. The summed E-state index contributed by atoms with van der Waals surface area (Å²) >= 11 is 1.32. The molecule has 2 bridgehead atoms. The van der Waals surface area contributed by atoms with Crippen molar-refractivity contribution in [2.24, 2.45) is 0 Å². The van der Waals surface area contributed by atoms with Crippen LogP contribution in [0.1, 0.15) is 46.0 Å². The van der Waals surface area contributed by atoms with Crippen molar-refractivity contribution in [2.75, 3.05) is 18.2 Å². The molecule has 1 aromatic carbocycles. The summed E-state index contributed by atoms with van der Waals surface area (Å²) in [6.45, 7) is 4.64. The Kier molecular flexibility index (Phi) is 6.13. The van der Waals surface area contributed by atoms with Gasteiger partial charge >= 0.3 is 0 Å². The van der Waals surface area contributed by atoms with E-state index in [-0.39, 0.29) is 22.5 Å². The summed E-state index contributed by atoms with van der Waals surface area (Å²) in [5.41, 5.74) is 1.28. The molecule has 3 aromatic rings. The highest BCUT2D eigenvalue weighted by Gasteiger charge is 2.46. The first-order valence-corrected chi connectivity index (χ1v) is 13.0. The van der Waals surface area contributed by atoms with Gasteiger partial charge in [-0.3, -0.25) is 0 Å². The van der Waals surface area contributed by atoms with Gasteiger partial charge in [-0.1, -0.05) is 17.8 Å². The molecule has 2 aromatic heterocycles. The van der Waals surface area contributed by atoms with E-state index < -0.39 is 5.82 Å². The minimum absolute atomic E-state index is 0.0684. The summed E-state index contributed by atoms with van der Waals surface area (Å²) in [4.78, 5) is 14.8. The van der Waals surface area contributed by atoms with Crippen molar-refractivity contribution in [1.82, 2.24) is 30.5 Å². The molecule has 2 saturated heterocycles. The monoisotopic (exact) mass is 495 g/mol. The van der Waals surface area contributed by atoms with E-state index in [2.05, 4.69) is 56.3 Å². The number of phenols is 1. The number of thioether (sulfide) groups is 1. The Morgan fingerprint density at radius 2 is 1.86 bits per heavy atom. The van der Waals surface area contributed by atoms with Gasteiger partial charge in [0.15, 0.2) is 22.6 Å². The van der Waals surface area contributed by atoms with Gasteiger partial charge < -0.3 is 15.3 Å². The highest BCUT2D eigenvalue weighted by molar-refractivity contribution is 7.98. The molecule has 1 unspecified atom stereocenters. The molecule has 3 atom stereocenters. The van der Waals surface area contributed by atoms with Gasteiger partial charge in [0, 0.05) is 29.7 Å². The number of anilines is 1. The van der Waals surface area contributed by atoms with Gasteiger partial charge in [-0.25, -0.2) is 19.3 Å². The molecule has 0 radical (unpaired) electrons. The smallest absolute Gasteiger partial charge is 0.187 e. The van der Waals surface area contributed by atoms with Crippen molar-refractivity contribution < 1.29 is 9.50 Å². The lowest BCUT2D eigenvalue weighted by molar-refractivity contribution is 0.0784. The van der Waals surface area contributed by atoms with E-state index in [9.17, 15) is 9.50 Å². The third-order valence-corrected chi connectivity index (χ3v) is 7.87. The molecule has 0 spiro atoms. The Morgan fingerprint density at radius 1 is 1.11 bits per heavy atom. The molecule has 2 aliphatic rings. The number of fused-ring (bicyclic) bond motifs is 2. The highest BCUT2D eigenvalue weighted by atomic mass is 32.2. The van der Waals surface area contributed by atoms with Crippen LogP contribution in [-0.4, -0.2) is 60.7 Å². The van der Waals surface area contributed by atoms with Crippen LogP contribution >= 0.6 is 11.8 Å². The van der Waals surface area contributed by atoms with Gasteiger partial charge in [-0.2, -0.15) is 0 Å². The highest BCUT2D eigenvalue weighted by Crippen LogP contribution is 2.42. The fourth-order valence-corrected chi connectivity index (χ4v) is 6.02. The van der Waals surface area contributed by atoms with Gasteiger partial charge in [0.2, 0.25) is 0 Å². The fraction of sp³-hybridized carbons (Fsp3) is 0.480. The normalized spacial score (nSPS) is 25.9. The third-order valence-electron chi connectivity index (χ3n) is 7.31. The number of hydrogen-bond acceptors (Lipinski definition) is 9. The van der Waals surface area contributed by atoms with E-state index >= 15 is 0 Å². The van der Waals surface area contributed by atoms with E-state index in [1.165, 1.54) is 37.1 Å². The average Bonchev–Trinajstić information content (AvgIpc) is 2.83. The van der Waals surface area contributed by atoms with Crippen LogP contribution in [0.2, 0.25) is 0 Å². The number of hydrogen-bond donors (Lipinski definition) is 2. The number of nitrogens with zero attached hydrogens (tertiary/aromatic N) is 6. The zero-order valence-corrected chi connectivity index (χ0v) is 21.2. The molecule has 10 heteroatoms. The molecule has 0 saturated carbocycles. The lowest BCUT2D eigenvalue weighted by Gasteiger charge is -2.55. The van der Waals surface area contributed by atoms with E-state index in [0.717, 1.165) is 19.0 Å². The second kappa shape index (κ2) is 8.98.